The van der Waals surface area contributed by atoms with Gasteiger partial charge in [0.1, 0.15) is 5.82 Å². The van der Waals surface area contributed by atoms with E-state index in [2.05, 4.69) is 5.32 Å². The van der Waals surface area contributed by atoms with Gasteiger partial charge in [-0.25, -0.2) is 4.39 Å². The van der Waals surface area contributed by atoms with Crippen molar-refractivity contribution in [3.8, 4) is 5.69 Å². The second-order valence-corrected chi connectivity index (χ2v) is 4.99. The van der Waals surface area contributed by atoms with Gasteiger partial charge in [-0.1, -0.05) is 12.1 Å². The van der Waals surface area contributed by atoms with Crippen LogP contribution >= 0.6 is 0 Å². The Bertz CT molecular complexity index is 747. The van der Waals surface area contributed by atoms with E-state index in [0.29, 0.717) is 5.69 Å². The number of halogens is 1. The van der Waals surface area contributed by atoms with Gasteiger partial charge in [0, 0.05) is 23.8 Å². The van der Waals surface area contributed by atoms with Crippen LogP contribution in [0.1, 0.15) is 5.56 Å². The molecular weight excluding hydrogens is 279 g/mol. The number of hydrogen-bond acceptors (Lipinski definition) is 1. The van der Waals surface area contributed by atoms with Crippen LogP contribution < -0.4 is 5.32 Å². The summed E-state index contributed by atoms with van der Waals surface area (Å²) in [6.07, 6.45) is 4.22. The second kappa shape index (κ2) is 6.26. The molecule has 110 valence electrons. The molecule has 3 nitrogen and oxygen atoms in total. The Kier molecular flexibility index (Phi) is 4.01. The molecule has 0 aliphatic heterocycles. The van der Waals surface area contributed by atoms with Crippen molar-refractivity contribution < 1.29 is 9.18 Å². The Hall–Kier alpha value is -2.88. The van der Waals surface area contributed by atoms with Crippen LogP contribution in [0.2, 0.25) is 0 Å². The summed E-state index contributed by atoms with van der Waals surface area (Å²) < 4.78 is 14.8. The number of hydrogen-bond donors (Lipinski definition) is 1. The summed E-state index contributed by atoms with van der Waals surface area (Å²) in [6.45, 7) is 0. The normalized spacial score (nSPS) is 10.4. The minimum absolute atomic E-state index is 0.125. The number of aromatic nitrogens is 1. The summed E-state index contributed by atoms with van der Waals surface area (Å²) >= 11 is 0. The van der Waals surface area contributed by atoms with E-state index >= 15 is 0 Å². The molecule has 1 aromatic heterocycles. The minimum Gasteiger partial charge on any atom is -0.326 e. The Morgan fingerprint density at radius 1 is 0.955 bits per heavy atom. The number of anilines is 1. The molecule has 0 atom stereocenters. The lowest BCUT2D eigenvalue weighted by Crippen LogP contribution is -2.14. The van der Waals surface area contributed by atoms with Gasteiger partial charge in [-0.2, -0.15) is 0 Å². The summed E-state index contributed by atoms with van der Waals surface area (Å²) in [5.74, 6) is -0.445. The van der Waals surface area contributed by atoms with Gasteiger partial charge >= 0.3 is 0 Å². The van der Waals surface area contributed by atoms with Crippen molar-refractivity contribution in [1.29, 1.82) is 0 Å². The van der Waals surface area contributed by atoms with Gasteiger partial charge in [-0.15, -0.1) is 0 Å². The van der Waals surface area contributed by atoms with E-state index < -0.39 is 0 Å². The zero-order chi connectivity index (χ0) is 15.4. The summed E-state index contributed by atoms with van der Waals surface area (Å²) in [7, 11) is 0. The van der Waals surface area contributed by atoms with E-state index in [9.17, 15) is 9.18 Å². The van der Waals surface area contributed by atoms with Crippen LogP contribution in [0.25, 0.3) is 5.69 Å². The van der Waals surface area contributed by atoms with Gasteiger partial charge < -0.3 is 9.88 Å². The van der Waals surface area contributed by atoms with Gasteiger partial charge in [0.25, 0.3) is 0 Å². The maximum absolute atomic E-state index is 12.8. The number of benzene rings is 2. The molecule has 1 amide bonds. The smallest absolute Gasteiger partial charge is 0.228 e. The average Bonchev–Trinajstić information content (AvgIpc) is 3.05. The van der Waals surface area contributed by atoms with E-state index in [1.165, 1.54) is 12.1 Å². The molecule has 22 heavy (non-hydrogen) atoms. The molecule has 2 aromatic carbocycles. The standard InChI is InChI=1S/C18H15FN2O/c19-15-5-7-16(8-6-15)20-18(22)13-14-3-9-17(10-4-14)21-11-1-2-12-21/h1-12H,13H2,(H,20,22). The van der Waals surface area contributed by atoms with E-state index in [-0.39, 0.29) is 18.1 Å². The summed E-state index contributed by atoms with van der Waals surface area (Å²) in [6, 6.07) is 17.5. The van der Waals surface area contributed by atoms with Gasteiger partial charge in [-0.05, 0) is 54.1 Å². The highest BCUT2D eigenvalue weighted by atomic mass is 19.1. The minimum atomic E-state index is -0.321. The van der Waals surface area contributed by atoms with Gasteiger partial charge in [0.2, 0.25) is 5.91 Å². The highest BCUT2D eigenvalue weighted by Crippen LogP contribution is 2.12. The first-order chi connectivity index (χ1) is 10.7. The first kappa shape index (κ1) is 14.1. The summed E-state index contributed by atoms with van der Waals surface area (Å²) in [5, 5.41) is 2.75. The monoisotopic (exact) mass is 294 g/mol. The molecule has 0 radical (unpaired) electrons. The third-order valence-corrected chi connectivity index (χ3v) is 3.33. The van der Waals surface area contributed by atoms with Crippen molar-refractivity contribution in [2.45, 2.75) is 6.42 Å². The highest BCUT2D eigenvalue weighted by Gasteiger charge is 2.05. The maximum atomic E-state index is 12.8. The Balaban J connectivity index is 1.63. The Morgan fingerprint density at radius 3 is 2.23 bits per heavy atom. The number of carbonyl (C=O) groups excluding carboxylic acids is 1. The quantitative estimate of drug-likeness (QED) is 0.780. The van der Waals surface area contributed by atoms with Crippen LogP contribution in [0, 0.1) is 5.82 Å². The van der Waals surface area contributed by atoms with Crippen molar-refractivity contribution in [2.24, 2.45) is 0 Å². The van der Waals surface area contributed by atoms with E-state index in [1.54, 1.807) is 12.1 Å². The molecule has 1 N–H and O–H groups in total. The SMILES string of the molecule is O=C(Cc1ccc(-n2cccc2)cc1)Nc1ccc(F)cc1. The fourth-order valence-corrected chi connectivity index (χ4v) is 2.22. The molecule has 3 rings (SSSR count). The van der Waals surface area contributed by atoms with Crippen molar-refractivity contribution in [3.63, 3.8) is 0 Å². The van der Waals surface area contributed by atoms with Crippen LogP contribution in [-0.2, 0) is 11.2 Å². The number of rotatable bonds is 4. The van der Waals surface area contributed by atoms with E-state index in [1.807, 2.05) is 53.4 Å². The second-order valence-electron chi connectivity index (χ2n) is 4.99. The topological polar surface area (TPSA) is 34.0 Å². The molecule has 1 heterocycles. The molecule has 0 spiro atoms. The zero-order valence-electron chi connectivity index (χ0n) is 11.9. The number of nitrogens with one attached hydrogen (secondary N) is 1. The van der Waals surface area contributed by atoms with Crippen LogP contribution in [0.4, 0.5) is 10.1 Å². The van der Waals surface area contributed by atoms with Crippen molar-refractivity contribution in [3.05, 3.63) is 84.4 Å². The number of amides is 1. The number of nitrogens with zero attached hydrogens (tertiary/aromatic N) is 1. The van der Waals surface area contributed by atoms with Crippen molar-refractivity contribution in [2.75, 3.05) is 5.32 Å². The zero-order valence-corrected chi connectivity index (χ0v) is 11.9. The Morgan fingerprint density at radius 2 is 1.59 bits per heavy atom. The number of carbonyl (C=O) groups is 1. The fraction of sp³-hybridized carbons (Fsp3) is 0.0556. The van der Waals surface area contributed by atoms with E-state index in [4.69, 9.17) is 0 Å². The largest absolute Gasteiger partial charge is 0.326 e. The molecule has 4 heteroatoms. The molecule has 3 aromatic rings. The van der Waals surface area contributed by atoms with Gasteiger partial charge in [0.15, 0.2) is 0 Å². The van der Waals surface area contributed by atoms with Crippen LogP contribution in [0.3, 0.4) is 0 Å². The van der Waals surface area contributed by atoms with Crippen LogP contribution in [0.15, 0.2) is 73.1 Å². The molecule has 0 bridgehead atoms. The lowest BCUT2D eigenvalue weighted by molar-refractivity contribution is -0.115. The summed E-state index contributed by atoms with van der Waals surface area (Å²) in [5.41, 5.74) is 2.57. The fourth-order valence-electron chi connectivity index (χ4n) is 2.22. The molecule has 0 unspecified atom stereocenters. The lowest BCUT2D eigenvalue weighted by Gasteiger charge is -2.07. The summed E-state index contributed by atoms with van der Waals surface area (Å²) in [4.78, 5) is 12.0. The third-order valence-electron chi connectivity index (χ3n) is 3.33. The first-order valence-electron chi connectivity index (χ1n) is 6.98. The van der Waals surface area contributed by atoms with Crippen LogP contribution in [0.5, 0.6) is 0 Å². The lowest BCUT2D eigenvalue weighted by atomic mass is 10.1. The first-order valence-corrected chi connectivity index (χ1v) is 6.98. The molecule has 0 saturated carbocycles. The maximum Gasteiger partial charge on any atom is 0.228 e. The van der Waals surface area contributed by atoms with Crippen molar-refractivity contribution in [1.82, 2.24) is 4.57 Å². The molecule has 0 aliphatic rings. The van der Waals surface area contributed by atoms with Gasteiger partial charge in [0.05, 0.1) is 6.42 Å². The Labute approximate surface area is 128 Å². The van der Waals surface area contributed by atoms with E-state index in [0.717, 1.165) is 11.3 Å². The van der Waals surface area contributed by atoms with Crippen LogP contribution in [-0.4, -0.2) is 10.5 Å². The predicted octanol–water partition coefficient (Wildman–Crippen LogP) is 3.80. The third kappa shape index (κ3) is 3.41. The molecule has 0 aliphatic carbocycles. The average molecular weight is 294 g/mol. The van der Waals surface area contributed by atoms with Gasteiger partial charge in [-0.3, -0.25) is 4.79 Å². The molecule has 0 saturated heterocycles. The predicted molar refractivity (Wildman–Crippen MR) is 84.5 cm³/mol. The molecule has 0 fully saturated rings. The highest BCUT2D eigenvalue weighted by molar-refractivity contribution is 5.92. The van der Waals surface area contributed by atoms with Crippen molar-refractivity contribution >= 4 is 11.6 Å². The molecular formula is C18H15FN2O.